The van der Waals surface area contributed by atoms with E-state index in [-0.39, 0.29) is 16.4 Å². The smallest absolute Gasteiger partial charge is 0.425 e. The van der Waals surface area contributed by atoms with Gasteiger partial charge < -0.3 is 15.8 Å². The molecule has 11 heteroatoms. The summed E-state index contributed by atoms with van der Waals surface area (Å²) in [5.41, 5.74) is 6.49. The second kappa shape index (κ2) is 7.28. The average Bonchev–Trinajstić information content (AvgIpc) is 2.96. The van der Waals surface area contributed by atoms with Gasteiger partial charge in [0, 0.05) is 18.0 Å². The molecule has 1 aromatic carbocycles. The first-order valence-electron chi connectivity index (χ1n) is 7.76. The highest BCUT2D eigenvalue weighted by atomic mass is 35.5. The summed E-state index contributed by atoms with van der Waals surface area (Å²) in [6.45, 7) is 0.850. The predicted molar refractivity (Wildman–Crippen MR) is 90.0 cm³/mol. The number of nitrogens with zero attached hydrogens (tertiary/aromatic N) is 3. The number of rotatable bonds is 4. The zero-order valence-electron chi connectivity index (χ0n) is 13.8. The number of ether oxygens (including phenoxy) is 1. The number of halogens is 5. The Balaban J connectivity index is 1.81. The third-order valence-electron chi connectivity index (χ3n) is 3.84. The number of hydrogen-bond donors (Lipinski definition) is 2. The van der Waals surface area contributed by atoms with Crippen LogP contribution in [-0.2, 0) is 0 Å². The highest BCUT2D eigenvalue weighted by molar-refractivity contribution is 6.34. The largest absolute Gasteiger partial charge is 0.451 e. The molecule has 1 aliphatic heterocycles. The van der Waals surface area contributed by atoms with Crippen LogP contribution in [0.15, 0.2) is 35.6 Å². The molecule has 144 valence electrons. The fraction of sp³-hybridized carbons (Fsp3) is 0.312. The molecule has 0 amide bonds. The summed E-state index contributed by atoms with van der Waals surface area (Å²) in [4.78, 5) is 11.8. The van der Waals surface area contributed by atoms with Gasteiger partial charge in [-0.1, -0.05) is 17.7 Å². The molecule has 2 aromatic rings. The lowest BCUT2D eigenvalue weighted by Gasteiger charge is -2.17. The van der Waals surface area contributed by atoms with Gasteiger partial charge in [-0.25, -0.2) is 14.4 Å². The van der Waals surface area contributed by atoms with E-state index >= 15 is 0 Å². The maximum absolute atomic E-state index is 14.1. The van der Waals surface area contributed by atoms with Gasteiger partial charge in [0.15, 0.2) is 6.10 Å². The Morgan fingerprint density at radius 3 is 2.52 bits per heavy atom. The second-order valence-electron chi connectivity index (χ2n) is 5.79. The fourth-order valence-electron chi connectivity index (χ4n) is 2.40. The van der Waals surface area contributed by atoms with Crippen molar-refractivity contribution in [1.29, 1.82) is 0 Å². The topological polar surface area (TPSA) is 85.4 Å². The van der Waals surface area contributed by atoms with Crippen LogP contribution in [0, 0.1) is 5.82 Å². The van der Waals surface area contributed by atoms with Crippen molar-refractivity contribution in [2.45, 2.75) is 31.4 Å². The number of hydrogen-bond acceptors (Lipinski definition) is 6. The molecule has 2 heterocycles. The molecular weight excluding hydrogens is 390 g/mol. The minimum atomic E-state index is -4.53. The number of amidine groups is 1. The van der Waals surface area contributed by atoms with E-state index in [1.54, 1.807) is 0 Å². The van der Waals surface area contributed by atoms with E-state index in [1.807, 2.05) is 0 Å². The van der Waals surface area contributed by atoms with Gasteiger partial charge in [0.25, 0.3) is 0 Å². The van der Waals surface area contributed by atoms with Crippen molar-refractivity contribution < 1.29 is 22.3 Å². The van der Waals surface area contributed by atoms with Crippen molar-refractivity contribution in [3.05, 3.63) is 52.6 Å². The van der Waals surface area contributed by atoms with Crippen LogP contribution in [0.4, 0.5) is 17.6 Å². The predicted octanol–water partition coefficient (Wildman–Crippen LogP) is 2.97. The van der Waals surface area contributed by atoms with E-state index in [4.69, 9.17) is 17.3 Å². The van der Waals surface area contributed by atoms with E-state index in [2.05, 4.69) is 25.0 Å². The third-order valence-corrected chi connectivity index (χ3v) is 4.16. The molecular formula is C16H14ClF4N5O. The van der Waals surface area contributed by atoms with Gasteiger partial charge >= 0.3 is 12.2 Å². The summed E-state index contributed by atoms with van der Waals surface area (Å²) >= 11 is 6.02. The molecule has 1 aliphatic rings. The summed E-state index contributed by atoms with van der Waals surface area (Å²) < 4.78 is 56.2. The molecule has 0 saturated carbocycles. The standard InChI is InChI=1S/C16H14ClF4N5O/c1-7(16(19,20)21)27-15-23-5-8(6-24-15)12-13(22)26-14(25-12)11-9(17)3-2-4-10(11)18/h2-7,12-13H,22H2,1H3,(H,25,26)/t7-,12?,13?/m1/s1. The highest BCUT2D eigenvalue weighted by Crippen LogP contribution is 2.28. The summed E-state index contributed by atoms with van der Waals surface area (Å²) in [6.07, 6.45) is -4.79. The minimum absolute atomic E-state index is 0.0805. The zero-order valence-corrected chi connectivity index (χ0v) is 14.6. The Morgan fingerprint density at radius 1 is 1.26 bits per heavy atom. The first kappa shape index (κ1) is 19.3. The van der Waals surface area contributed by atoms with Crippen molar-refractivity contribution >= 4 is 17.4 Å². The molecule has 0 aliphatic carbocycles. The van der Waals surface area contributed by atoms with Crippen molar-refractivity contribution in [3.8, 4) is 6.01 Å². The molecule has 0 bridgehead atoms. The van der Waals surface area contributed by atoms with Crippen molar-refractivity contribution in [1.82, 2.24) is 15.3 Å². The molecule has 0 spiro atoms. The molecule has 3 atom stereocenters. The van der Waals surface area contributed by atoms with Crippen molar-refractivity contribution in [3.63, 3.8) is 0 Å². The van der Waals surface area contributed by atoms with Crippen LogP contribution in [0.3, 0.4) is 0 Å². The Hall–Kier alpha value is -2.46. The first-order valence-corrected chi connectivity index (χ1v) is 8.14. The van der Waals surface area contributed by atoms with Crippen LogP contribution in [0.1, 0.15) is 24.1 Å². The Bertz CT molecular complexity index is 839. The molecule has 27 heavy (non-hydrogen) atoms. The normalized spacial score (nSPS) is 20.8. The summed E-state index contributed by atoms with van der Waals surface area (Å²) in [7, 11) is 0. The minimum Gasteiger partial charge on any atom is -0.451 e. The van der Waals surface area contributed by atoms with Gasteiger partial charge in [0.1, 0.15) is 23.9 Å². The van der Waals surface area contributed by atoms with Crippen molar-refractivity contribution in [2.24, 2.45) is 10.7 Å². The lowest BCUT2D eigenvalue weighted by molar-refractivity contribution is -0.190. The number of benzene rings is 1. The second-order valence-corrected chi connectivity index (χ2v) is 6.20. The first-order chi connectivity index (χ1) is 12.7. The molecule has 0 fully saturated rings. The summed E-state index contributed by atoms with van der Waals surface area (Å²) in [6, 6.07) is 3.11. The zero-order chi connectivity index (χ0) is 19.8. The molecule has 3 N–H and O–H groups in total. The van der Waals surface area contributed by atoms with Crippen molar-refractivity contribution in [2.75, 3.05) is 0 Å². The van der Waals surface area contributed by atoms with Crippen LogP contribution in [0.5, 0.6) is 6.01 Å². The SMILES string of the molecule is C[C@@H](Oc1ncc(C2N=C(c3c(F)cccc3Cl)NC2N)cn1)C(F)(F)F. The van der Waals surface area contributed by atoms with Gasteiger partial charge in [-0.2, -0.15) is 13.2 Å². The average molecular weight is 404 g/mol. The number of aromatic nitrogens is 2. The van der Waals surface area contributed by atoms with E-state index in [0.29, 0.717) is 5.56 Å². The molecule has 3 rings (SSSR count). The van der Waals surface area contributed by atoms with Crippen LogP contribution in [0.25, 0.3) is 0 Å². The Labute approximate surface area is 156 Å². The van der Waals surface area contributed by atoms with Crippen LogP contribution in [0.2, 0.25) is 5.02 Å². The lowest BCUT2D eigenvalue weighted by Crippen LogP contribution is -2.39. The number of alkyl halides is 3. The Morgan fingerprint density at radius 2 is 1.93 bits per heavy atom. The number of aliphatic imine (C=N–C) groups is 1. The number of nitrogens with two attached hydrogens (primary N) is 1. The van der Waals surface area contributed by atoms with Gasteiger partial charge in [-0.3, -0.25) is 4.99 Å². The van der Waals surface area contributed by atoms with E-state index < -0.39 is 36.3 Å². The van der Waals surface area contributed by atoms with E-state index in [9.17, 15) is 17.6 Å². The molecule has 6 nitrogen and oxygen atoms in total. The van der Waals surface area contributed by atoms with Crippen LogP contribution in [-0.4, -0.2) is 34.2 Å². The maximum Gasteiger partial charge on any atom is 0.425 e. The fourth-order valence-corrected chi connectivity index (χ4v) is 2.65. The van der Waals surface area contributed by atoms with Crippen LogP contribution >= 0.6 is 11.6 Å². The van der Waals surface area contributed by atoms with Gasteiger partial charge in [0.05, 0.1) is 10.6 Å². The van der Waals surface area contributed by atoms with Crippen LogP contribution < -0.4 is 15.8 Å². The summed E-state index contributed by atoms with van der Waals surface area (Å²) in [5, 5.41) is 3.00. The molecule has 0 saturated heterocycles. The van der Waals surface area contributed by atoms with Gasteiger partial charge in [-0.15, -0.1) is 0 Å². The quantitative estimate of drug-likeness (QED) is 0.767. The lowest BCUT2D eigenvalue weighted by atomic mass is 10.1. The summed E-state index contributed by atoms with van der Waals surface area (Å²) in [5.74, 6) is -0.399. The van der Waals surface area contributed by atoms with E-state index in [1.165, 1.54) is 30.6 Å². The highest BCUT2D eigenvalue weighted by Gasteiger charge is 2.38. The Kier molecular flexibility index (Phi) is 5.20. The van der Waals surface area contributed by atoms with E-state index in [0.717, 1.165) is 6.92 Å². The van der Waals surface area contributed by atoms with Gasteiger partial charge in [-0.05, 0) is 19.1 Å². The monoisotopic (exact) mass is 403 g/mol. The molecule has 2 unspecified atom stereocenters. The maximum atomic E-state index is 14.1. The molecule has 0 radical (unpaired) electrons. The van der Waals surface area contributed by atoms with Gasteiger partial charge in [0.2, 0.25) is 0 Å². The third kappa shape index (κ3) is 4.11. The molecule has 1 aromatic heterocycles. The number of nitrogens with one attached hydrogen (secondary N) is 1.